The van der Waals surface area contributed by atoms with Gasteiger partial charge in [-0.1, -0.05) is 6.07 Å². The number of ether oxygens (including phenoxy) is 3. The van der Waals surface area contributed by atoms with Crippen molar-refractivity contribution in [2.24, 2.45) is 0 Å². The van der Waals surface area contributed by atoms with Gasteiger partial charge in [0.1, 0.15) is 19.0 Å². The molecule has 2 aromatic rings. The fourth-order valence-electron chi connectivity index (χ4n) is 1.84. The lowest BCUT2D eigenvalue weighted by Crippen LogP contribution is -2.08. The number of rotatable bonds is 7. The summed E-state index contributed by atoms with van der Waals surface area (Å²) in [4.78, 5) is 0. The minimum atomic E-state index is -1.16. The number of nitrogen functional groups attached to an aromatic ring is 1. The van der Waals surface area contributed by atoms with Gasteiger partial charge in [-0.25, -0.2) is 8.78 Å². The van der Waals surface area contributed by atoms with Crippen molar-refractivity contribution in [2.75, 3.05) is 26.1 Å². The molecule has 0 bridgehead atoms. The maximum absolute atomic E-state index is 13.9. The maximum Gasteiger partial charge on any atom is 0.204 e. The molecule has 0 unspecified atom stereocenters. The molecular weight excluding hydrogens is 311 g/mol. The van der Waals surface area contributed by atoms with Crippen molar-refractivity contribution >= 4 is 5.69 Å². The molecule has 0 spiro atoms. The SMILES string of the molecule is COCCOc1ccc(F)c(F)c1OCc1ccc(F)c(N)c1. The summed E-state index contributed by atoms with van der Waals surface area (Å²) in [5.74, 6) is -3.08. The molecule has 124 valence electrons. The summed E-state index contributed by atoms with van der Waals surface area (Å²) < 4.78 is 55.8. The van der Waals surface area contributed by atoms with Gasteiger partial charge in [0.05, 0.1) is 12.3 Å². The number of methoxy groups -OCH3 is 1. The lowest BCUT2D eigenvalue weighted by atomic mass is 10.2. The Bertz CT molecular complexity index is 680. The van der Waals surface area contributed by atoms with Crippen LogP contribution in [0.4, 0.5) is 18.9 Å². The standard InChI is InChI=1S/C16H16F3NO3/c1-21-6-7-22-14-5-4-12(18)15(19)16(14)23-9-10-2-3-11(17)13(20)8-10/h2-5,8H,6-7,9,20H2,1H3. The Kier molecular flexibility index (Phi) is 5.70. The number of hydrogen-bond acceptors (Lipinski definition) is 4. The second-order valence-corrected chi connectivity index (χ2v) is 4.67. The van der Waals surface area contributed by atoms with Crippen molar-refractivity contribution in [3.8, 4) is 11.5 Å². The first-order valence-corrected chi connectivity index (χ1v) is 6.79. The van der Waals surface area contributed by atoms with Crippen LogP contribution in [-0.2, 0) is 11.3 Å². The summed E-state index contributed by atoms with van der Waals surface area (Å²) in [6.07, 6.45) is 0. The first kappa shape index (κ1) is 17.0. The van der Waals surface area contributed by atoms with E-state index >= 15 is 0 Å². The molecule has 4 nitrogen and oxygen atoms in total. The van der Waals surface area contributed by atoms with E-state index in [4.69, 9.17) is 19.9 Å². The first-order valence-electron chi connectivity index (χ1n) is 6.79. The third kappa shape index (κ3) is 4.29. The quantitative estimate of drug-likeness (QED) is 0.626. The van der Waals surface area contributed by atoms with E-state index in [-0.39, 0.29) is 37.0 Å². The highest BCUT2D eigenvalue weighted by Gasteiger charge is 2.17. The summed E-state index contributed by atoms with van der Waals surface area (Å²) in [7, 11) is 1.49. The minimum Gasteiger partial charge on any atom is -0.487 e. The van der Waals surface area contributed by atoms with Crippen LogP contribution in [0.1, 0.15) is 5.56 Å². The van der Waals surface area contributed by atoms with Crippen LogP contribution in [0.25, 0.3) is 0 Å². The van der Waals surface area contributed by atoms with E-state index in [1.165, 1.54) is 31.4 Å². The topological polar surface area (TPSA) is 53.7 Å². The second-order valence-electron chi connectivity index (χ2n) is 4.67. The Labute approximate surface area is 131 Å². The monoisotopic (exact) mass is 327 g/mol. The zero-order valence-corrected chi connectivity index (χ0v) is 12.4. The predicted octanol–water partition coefficient (Wildman–Crippen LogP) is 3.29. The van der Waals surface area contributed by atoms with Gasteiger partial charge in [0.15, 0.2) is 11.6 Å². The third-order valence-electron chi connectivity index (χ3n) is 3.00. The highest BCUT2D eigenvalue weighted by molar-refractivity contribution is 5.44. The van der Waals surface area contributed by atoms with Crippen LogP contribution in [0.2, 0.25) is 0 Å². The number of hydrogen-bond donors (Lipinski definition) is 1. The second kappa shape index (κ2) is 7.73. The predicted molar refractivity (Wildman–Crippen MR) is 78.9 cm³/mol. The largest absolute Gasteiger partial charge is 0.487 e. The van der Waals surface area contributed by atoms with Crippen molar-refractivity contribution in [3.63, 3.8) is 0 Å². The zero-order chi connectivity index (χ0) is 16.8. The molecule has 7 heteroatoms. The zero-order valence-electron chi connectivity index (χ0n) is 12.4. The van der Waals surface area contributed by atoms with E-state index in [1.54, 1.807) is 0 Å². The molecule has 0 amide bonds. The van der Waals surface area contributed by atoms with E-state index in [9.17, 15) is 13.2 Å². The Hall–Kier alpha value is -2.41. The molecular formula is C16H16F3NO3. The molecule has 0 heterocycles. The summed E-state index contributed by atoms with van der Waals surface area (Å²) >= 11 is 0. The minimum absolute atomic E-state index is 0.0519. The first-order chi connectivity index (χ1) is 11.0. The molecule has 2 aromatic carbocycles. The van der Waals surface area contributed by atoms with Gasteiger partial charge in [-0.2, -0.15) is 4.39 Å². The van der Waals surface area contributed by atoms with Crippen molar-refractivity contribution in [1.82, 2.24) is 0 Å². The van der Waals surface area contributed by atoms with E-state index in [2.05, 4.69) is 0 Å². The van der Waals surface area contributed by atoms with Crippen LogP contribution in [0.5, 0.6) is 11.5 Å². The van der Waals surface area contributed by atoms with Crippen molar-refractivity contribution < 1.29 is 27.4 Å². The maximum atomic E-state index is 13.9. The average molecular weight is 327 g/mol. The normalized spacial score (nSPS) is 10.6. The van der Waals surface area contributed by atoms with Gasteiger partial charge >= 0.3 is 0 Å². The number of nitrogens with two attached hydrogens (primary N) is 1. The van der Waals surface area contributed by atoms with Gasteiger partial charge in [-0.3, -0.25) is 0 Å². The molecule has 0 radical (unpaired) electrons. The Morgan fingerprint density at radius 2 is 1.70 bits per heavy atom. The van der Waals surface area contributed by atoms with Gasteiger partial charge < -0.3 is 19.9 Å². The van der Waals surface area contributed by atoms with Crippen molar-refractivity contribution in [2.45, 2.75) is 6.61 Å². The molecule has 2 N–H and O–H groups in total. The van der Waals surface area contributed by atoms with Crippen LogP contribution >= 0.6 is 0 Å². The molecule has 0 aliphatic rings. The smallest absolute Gasteiger partial charge is 0.204 e. The summed E-state index contributed by atoms with van der Waals surface area (Å²) in [5, 5.41) is 0. The molecule has 0 saturated heterocycles. The van der Waals surface area contributed by atoms with Crippen LogP contribution in [0, 0.1) is 17.5 Å². The fourth-order valence-corrected chi connectivity index (χ4v) is 1.84. The number of halogens is 3. The molecule has 0 aromatic heterocycles. The van der Waals surface area contributed by atoms with Gasteiger partial charge in [0, 0.05) is 7.11 Å². The highest BCUT2D eigenvalue weighted by Crippen LogP contribution is 2.32. The van der Waals surface area contributed by atoms with Crippen LogP contribution in [0.15, 0.2) is 30.3 Å². The van der Waals surface area contributed by atoms with Crippen LogP contribution < -0.4 is 15.2 Å². The molecule has 0 aliphatic heterocycles. The molecule has 0 fully saturated rings. The van der Waals surface area contributed by atoms with Gasteiger partial charge in [0.25, 0.3) is 0 Å². The summed E-state index contributed by atoms with van der Waals surface area (Å²) in [6.45, 7) is 0.319. The number of anilines is 1. The van der Waals surface area contributed by atoms with Crippen LogP contribution in [-0.4, -0.2) is 20.3 Å². The van der Waals surface area contributed by atoms with Gasteiger partial charge in [-0.15, -0.1) is 0 Å². The molecule has 2 rings (SSSR count). The lowest BCUT2D eigenvalue weighted by Gasteiger charge is -2.14. The van der Waals surface area contributed by atoms with E-state index in [0.717, 1.165) is 6.07 Å². The Balaban J connectivity index is 2.16. The van der Waals surface area contributed by atoms with E-state index in [0.29, 0.717) is 5.56 Å². The Morgan fingerprint density at radius 3 is 2.39 bits per heavy atom. The van der Waals surface area contributed by atoms with Gasteiger partial charge in [-0.05, 0) is 29.8 Å². The van der Waals surface area contributed by atoms with E-state index in [1.807, 2.05) is 0 Å². The molecule has 0 saturated carbocycles. The Morgan fingerprint density at radius 1 is 0.957 bits per heavy atom. The molecule has 23 heavy (non-hydrogen) atoms. The summed E-state index contributed by atoms with van der Waals surface area (Å²) in [5.41, 5.74) is 5.91. The molecule has 0 aliphatic carbocycles. The van der Waals surface area contributed by atoms with Crippen LogP contribution in [0.3, 0.4) is 0 Å². The number of benzene rings is 2. The summed E-state index contributed by atoms with van der Waals surface area (Å²) in [6, 6.07) is 6.18. The van der Waals surface area contributed by atoms with Crippen molar-refractivity contribution in [3.05, 3.63) is 53.3 Å². The lowest BCUT2D eigenvalue weighted by molar-refractivity contribution is 0.142. The average Bonchev–Trinajstić information content (AvgIpc) is 2.53. The molecule has 0 atom stereocenters. The van der Waals surface area contributed by atoms with E-state index < -0.39 is 17.5 Å². The van der Waals surface area contributed by atoms with Gasteiger partial charge in [0.2, 0.25) is 11.6 Å². The highest BCUT2D eigenvalue weighted by atomic mass is 19.2. The fraction of sp³-hybridized carbons (Fsp3) is 0.250. The third-order valence-corrected chi connectivity index (χ3v) is 3.00. The van der Waals surface area contributed by atoms with Crippen molar-refractivity contribution in [1.29, 1.82) is 0 Å².